The van der Waals surface area contributed by atoms with E-state index in [9.17, 15) is 19.5 Å². The molecule has 204 valence electrons. The van der Waals surface area contributed by atoms with E-state index in [4.69, 9.17) is 4.98 Å². The second-order valence-corrected chi connectivity index (χ2v) is 12.0. The summed E-state index contributed by atoms with van der Waals surface area (Å²) in [6.45, 7) is 0.695. The summed E-state index contributed by atoms with van der Waals surface area (Å²) in [5, 5.41) is 14.0. The molecule has 2 amide bonds. The van der Waals surface area contributed by atoms with Crippen LogP contribution in [0.15, 0.2) is 65.5 Å². The van der Waals surface area contributed by atoms with Crippen molar-refractivity contribution in [3.63, 3.8) is 0 Å². The van der Waals surface area contributed by atoms with Gasteiger partial charge in [-0.25, -0.2) is 9.97 Å². The van der Waals surface area contributed by atoms with E-state index in [1.54, 1.807) is 16.0 Å². The third-order valence-corrected chi connectivity index (χ3v) is 9.00. The molecule has 3 aromatic heterocycles. The average molecular weight is 573 g/mol. The van der Waals surface area contributed by atoms with Crippen molar-refractivity contribution in [1.82, 2.24) is 9.97 Å². The molecule has 1 atom stereocenters. The van der Waals surface area contributed by atoms with Crippen LogP contribution >= 0.6 is 22.7 Å². The lowest BCUT2D eigenvalue weighted by molar-refractivity contribution is -0.140. The molecule has 1 aliphatic heterocycles. The highest BCUT2D eigenvalue weighted by molar-refractivity contribution is 7.14. The average Bonchev–Trinajstić information content (AvgIpc) is 3.30. The summed E-state index contributed by atoms with van der Waals surface area (Å²) in [4.78, 5) is 51.5. The molecule has 1 saturated heterocycles. The van der Waals surface area contributed by atoms with Crippen LogP contribution in [0, 0.1) is 5.92 Å². The van der Waals surface area contributed by atoms with Gasteiger partial charge < -0.3 is 5.11 Å². The van der Waals surface area contributed by atoms with Gasteiger partial charge in [-0.3, -0.25) is 24.2 Å². The second kappa shape index (κ2) is 11.3. The summed E-state index contributed by atoms with van der Waals surface area (Å²) in [6, 6.07) is 15.7. The molecule has 2 fully saturated rings. The van der Waals surface area contributed by atoms with Crippen LogP contribution in [-0.2, 0) is 20.8 Å². The van der Waals surface area contributed by atoms with Gasteiger partial charge in [-0.1, -0.05) is 30.3 Å². The summed E-state index contributed by atoms with van der Waals surface area (Å²) in [7, 11) is 0. The Morgan fingerprint density at radius 2 is 1.90 bits per heavy atom. The number of benzene rings is 1. The zero-order valence-electron chi connectivity index (χ0n) is 21.7. The Labute approximate surface area is 239 Å². The van der Waals surface area contributed by atoms with E-state index >= 15 is 0 Å². The standard InChI is InChI=1S/C30H28N4O4S2/c35-27-8-3-13-33(27)26-12-9-19(17-31-26)23-6-1-2-7-24(23)25-18-40-30(32-25)34(21-10-11-21)29(38)20(16-28(36)37)15-22-5-4-14-39-22/h1-2,4-7,9,12,14,17-18,20-21H,3,8,10-11,13,15-16H2,(H,36,37)/t20-/m1/s1. The van der Waals surface area contributed by atoms with Crippen molar-refractivity contribution in [3.05, 3.63) is 70.4 Å². The topological polar surface area (TPSA) is 104 Å². The number of carboxylic acid groups (broad SMARTS) is 1. The smallest absolute Gasteiger partial charge is 0.304 e. The Morgan fingerprint density at radius 3 is 2.55 bits per heavy atom. The van der Waals surface area contributed by atoms with Gasteiger partial charge in [0.1, 0.15) is 5.82 Å². The Kier molecular flexibility index (Phi) is 7.44. The number of hydrogen-bond acceptors (Lipinski definition) is 7. The van der Waals surface area contributed by atoms with Gasteiger partial charge in [0.05, 0.1) is 18.0 Å². The minimum Gasteiger partial charge on any atom is -0.481 e. The Hall–Kier alpha value is -3.89. The fourth-order valence-corrected chi connectivity index (χ4v) is 6.83. The van der Waals surface area contributed by atoms with E-state index in [0.29, 0.717) is 30.3 Å². The second-order valence-electron chi connectivity index (χ2n) is 10.1. The van der Waals surface area contributed by atoms with Gasteiger partial charge in [0.15, 0.2) is 5.13 Å². The van der Waals surface area contributed by atoms with Crippen LogP contribution in [-0.4, -0.2) is 45.4 Å². The maximum absolute atomic E-state index is 13.8. The Morgan fingerprint density at radius 1 is 1.07 bits per heavy atom. The molecule has 1 aliphatic carbocycles. The molecule has 40 heavy (non-hydrogen) atoms. The largest absolute Gasteiger partial charge is 0.481 e. The maximum atomic E-state index is 13.8. The Balaban J connectivity index is 1.28. The zero-order chi connectivity index (χ0) is 27.6. The van der Waals surface area contributed by atoms with Gasteiger partial charge in [0.2, 0.25) is 11.8 Å². The van der Waals surface area contributed by atoms with Crippen molar-refractivity contribution >= 4 is 51.4 Å². The van der Waals surface area contributed by atoms with Gasteiger partial charge in [-0.2, -0.15) is 0 Å². The van der Waals surface area contributed by atoms with E-state index in [1.165, 1.54) is 22.7 Å². The van der Waals surface area contributed by atoms with Gasteiger partial charge in [0.25, 0.3) is 0 Å². The number of pyridine rings is 1. The fourth-order valence-electron chi connectivity index (χ4n) is 5.14. The molecule has 0 radical (unpaired) electrons. The van der Waals surface area contributed by atoms with Gasteiger partial charge in [-0.15, -0.1) is 22.7 Å². The first-order chi connectivity index (χ1) is 19.5. The number of amides is 2. The number of carbonyl (C=O) groups is 3. The number of anilines is 2. The summed E-state index contributed by atoms with van der Waals surface area (Å²) in [5.41, 5.74) is 3.53. The third-order valence-electron chi connectivity index (χ3n) is 7.26. The van der Waals surface area contributed by atoms with Crippen LogP contribution in [0.3, 0.4) is 0 Å². The van der Waals surface area contributed by atoms with E-state index in [2.05, 4.69) is 4.98 Å². The highest BCUT2D eigenvalue weighted by atomic mass is 32.1. The van der Waals surface area contributed by atoms with E-state index < -0.39 is 11.9 Å². The molecule has 0 bridgehead atoms. The van der Waals surface area contributed by atoms with E-state index in [-0.39, 0.29) is 24.3 Å². The highest BCUT2D eigenvalue weighted by Crippen LogP contribution is 2.39. The monoisotopic (exact) mass is 572 g/mol. The molecule has 4 aromatic rings. The number of aromatic nitrogens is 2. The molecular formula is C30H28N4O4S2. The molecule has 2 aliphatic rings. The van der Waals surface area contributed by atoms with Crippen LogP contribution in [0.1, 0.15) is 37.0 Å². The highest BCUT2D eigenvalue weighted by Gasteiger charge is 2.39. The van der Waals surface area contributed by atoms with Gasteiger partial charge in [0, 0.05) is 46.6 Å². The number of hydrogen-bond donors (Lipinski definition) is 1. The van der Waals surface area contributed by atoms with Crippen LogP contribution in [0.5, 0.6) is 0 Å². The lowest BCUT2D eigenvalue weighted by Crippen LogP contribution is -2.39. The maximum Gasteiger partial charge on any atom is 0.304 e. The van der Waals surface area contributed by atoms with Crippen molar-refractivity contribution in [1.29, 1.82) is 0 Å². The number of carboxylic acids is 1. The first-order valence-corrected chi connectivity index (χ1v) is 15.1. The van der Waals surface area contributed by atoms with Gasteiger partial charge in [-0.05, 0) is 54.8 Å². The van der Waals surface area contributed by atoms with Crippen molar-refractivity contribution < 1.29 is 19.5 Å². The minimum atomic E-state index is -0.979. The zero-order valence-corrected chi connectivity index (χ0v) is 23.4. The van der Waals surface area contributed by atoms with Crippen molar-refractivity contribution in [3.8, 4) is 22.4 Å². The molecule has 1 aromatic carbocycles. The molecule has 4 heterocycles. The molecule has 1 N–H and O–H groups in total. The summed E-state index contributed by atoms with van der Waals surface area (Å²) in [5.74, 6) is -1.04. The molecular weight excluding hydrogens is 544 g/mol. The lowest BCUT2D eigenvalue weighted by Gasteiger charge is -2.24. The summed E-state index contributed by atoms with van der Waals surface area (Å²) >= 11 is 2.94. The normalized spacial score (nSPS) is 15.8. The van der Waals surface area contributed by atoms with Crippen LogP contribution < -0.4 is 9.80 Å². The number of thiazole rings is 1. The minimum absolute atomic E-state index is 0.0476. The van der Waals surface area contributed by atoms with Crippen LogP contribution in [0.2, 0.25) is 0 Å². The predicted octanol–water partition coefficient (Wildman–Crippen LogP) is 5.89. The first-order valence-electron chi connectivity index (χ1n) is 13.4. The fraction of sp³-hybridized carbons (Fsp3) is 0.300. The molecule has 10 heteroatoms. The quantitative estimate of drug-likeness (QED) is 0.254. The molecule has 1 saturated carbocycles. The summed E-state index contributed by atoms with van der Waals surface area (Å²) < 4.78 is 0. The lowest BCUT2D eigenvalue weighted by atomic mass is 9.98. The van der Waals surface area contributed by atoms with Crippen molar-refractivity contribution in [2.24, 2.45) is 5.92 Å². The molecule has 8 nitrogen and oxygen atoms in total. The number of carbonyl (C=O) groups excluding carboxylic acids is 2. The molecule has 0 unspecified atom stereocenters. The predicted molar refractivity (Wildman–Crippen MR) is 157 cm³/mol. The summed E-state index contributed by atoms with van der Waals surface area (Å²) in [6.07, 6.45) is 5.15. The van der Waals surface area contributed by atoms with E-state index in [1.807, 2.05) is 59.3 Å². The number of aliphatic carboxylic acids is 1. The number of thiophene rings is 1. The van der Waals surface area contributed by atoms with Gasteiger partial charge >= 0.3 is 5.97 Å². The first kappa shape index (κ1) is 26.3. The Bertz CT molecular complexity index is 1530. The van der Waals surface area contributed by atoms with Crippen LogP contribution in [0.4, 0.5) is 10.9 Å². The third kappa shape index (κ3) is 5.55. The molecule has 0 spiro atoms. The van der Waals surface area contributed by atoms with Crippen molar-refractivity contribution in [2.45, 2.75) is 44.6 Å². The van der Waals surface area contributed by atoms with Crippen molar-refractivity contribution in [2.75, 3.05) is 16.3 Å². The molecule has 6 rings (SSSR count). The number of rotatable bonds is 10. The number of nitrogens with zero attached hydrogens (tertiary/aromatic N) is 4. The van der Waals surface area contributed by atoms with E-state index in [0.717, 1.165) is 46.5 Å². The SMILES string of the molecule is O=C(O)C[C@@H](Cc1cccs1)C(=O)N(c1nc(-c2ccccc2-c2ccc(N3CCCC3=O)nc2)cs1)C1CC1. The van der Waals surface area contributed by atoms with Crippen LogP contribution in [0.25, 0.3) is 22.4 Å².